The smallest absolute Gasteiger partial charge is 0.137 e. The predicted octanol–water partition coefficient (Wildman–Crippen LogP) is 4.99. The molecule has 0 fully saturated rings. The molecule has 108 valence electrons. The van der Waals surface area contributed by atoms with Gasteiger partial charge in [-0.05, 0) is 37.0 Å². The van der Waals surface area contributed by atoms with Crippen molar-refractivity contribution in [1.29, 1.82) is 0 Å². The van der Waals surface area contributed by atoms with Gasteiger partial charge in [0.15, 0.2) is 0 Å². The maximum atomic E-state index is 9.49. The number of halogens is 1. The van der Waals surface area contributed by atoms with Crippen LogP contribution in [-0.2, 0) is 0 Å². The molecular formula is C16H25ClO2. The van der Waals surface area contributed by atoms with Crippen LogP contribution in [0.2, 0.25) is 5.02 Å². The monoisotopic (exact) mass is 284 g/mol. The fraction of sp³-hybridized carbons (Fsp3) is 0.625. The van der Waals surface area contributed by atoms with Crippen molar-refractivity contribution in [3.63, 3.8) is 0 Å². The number of benzene rings is 1. The predicted molar refractivity (Wildman–Crippen MR) is 80.9 cm³/mol. The van der Waals surface area contributed by atoms with Crippen LogP contribution >= 0.6 is 11.6 Å². The van der Waals surface area contributed by atoms with Crippen LogP contribution < -0.4 is 4.74 Å². The fourth-order valence-electron chi connectivity index (χ4n) is 2.00. The zero-order valence-electron chi connectivity index (χ0n) is 12.2. The molecule has 0 amide bonds. The minimum atomic E-state index is -0.500. The van der Waals surface area contributed by atoms with E-state index in [9.17, 15) is 5.11 Å². The Kier molecular flexibility index (Phi) is 7.25. The Hall–Kier alpha value is -0.730. The highest BCUT2D eigenvalue weighted by Gasteiger charge is 2.10. The second kappa shape index (κ2) is 8.44. The molecule has 19 heavy (non-hydrogen) atoms. The molecule has 2 nitrogen and oxygen atoms in total. The van der Waals surface area contributed by atoms with Crippen molar-refractivity contribution in [2.24, 2.45) is 5.92 Å². The van der Waals surface area contributed by atoms with Crippen LogP contribution in [0.25, 0.3) is 0 Å². The van der Waals surface area contributed by atoms with E-state index in [0.717, 1.165) is 12.0 Å². The summed E-state index contributed by atoms with van der Waals surface area (Å²) in [7, 11) is 0. The number of aliphatic hydroxyl groups excluding tert-OH is 1. The van der Waals surface area contributed by atoms with E-state index in [0.29, 0.717) is 23.3 Å². The summed E-state index contributed by atoms with van der Waals surface area (Å²) >= 11 is 6.17. The summed E-state index contributed by atoms with van der Waals surface area (Å²) in [6.45, 7) is 6.84. The summed E-state index contributed by atoms with van der Waals surface area (Å²) in [5.74, 6) is 1.30. The van der Waals surface area contributed by atoms with Gasteiger partial charge in [-0.25, -0.2) is 0 Å². The van der Waals surface area contributed by atoms with Crippen LogP contribution in [0.1, 0.15) is 58.1 Å². The summed E-state index contributed by atoms with van der Waals surface area (Å²) in [6, 6.07) is 5.48. The molecule has 0 spiro atoms. The van der Waals surface area contributed by atoms with Gasteiger partial charge in [-0.2, -0.15) is 0 Å². The average Bonchev–Trinajstić information content (AvgIpc) is 2.40. The van der Waals surface area contributed by atoms with Crippen LogP contribution in [0.4, 0.5) is 0 Å². The Labute approximate surface area is 121 Å². The number of ether oxygens (including phenoxy) is 1. The fourth-order valence-corrected chi connectivity index (χ4v) is 2.24. The van der Waals surface area contributed by atoms with E-state index in [-0.39, 0.29) is 0 Å². The first kappa shape index (κ1) is 16.3. The molecule has 1 N–H and O–H groups in total. The molecule has 0 saturated carbocycles. The van der Waals surface area contributed by atoms with Gasteiger partial charge in [-0.1, -0.05) is 50.8 Å². The highest BCUT2D eigenvalue weighted by atomic mass is 35.5. The van der Waals surface area contributed by atoms with E-state index >= 15 is 0 Å². The zero-order chi connectivity index (χ0) is 14.3. The second-order valence-electron chi connectivity index (χ2n) is 5.09. The van der Waals surface area contributed by atoms with Gasteiger partial charge in [0.2, 0.25) is 0 Å². The summed E-state index contributed by atoms with van der Waals surface area (Å²) in [4.78, 5) is 0. The van der Waals surface area contributed by atoms with Gasteiger partial charge in [-0.15, -0.1) is 0 Å². The Bertz CT molecular complexity index is 377. The molecule has 0 heterocycles. The first-order chi connectivity index (χ1) is 9.08. The van der Waals surface area contributed by atoms with Gasteiger partial charge in [0, 0.05) is 0 Å². The third-order valence-electron chi connectivity index (χ3n) is 3.46. The van der Waals surface area contributed by atoms with Gasteiger partial charge in [0.1, 0.15) is 5.75 Å². The lowest BCUT2D eigenvalue weighted by Gasteiger charge is -2.17. The normalized spacial score (nSPS) is 14.2. The lowest BCUT2D eigenvalue weighted by Crippen LogP contribution is -2.11. The van der Waals surface area contributed by atoms with Crippen LogP contribution in [-0.4, -0.2) is 11.7 Å². The Morgan fingerprint density at radius 1 is 1.32 bits per heavy atom. The standard InChI is InChI=1S/C16H25ClO2/c1-4-6-7-13(5-2)11-19-16-9-8-14(12(3)18)10-15(16)17/h8-10,12-13,18H,4-7,11H2,1-3H3/t12-,13?/m0/s1. The number of hydrogen-bond acceptors (Lipinski definition) is 2. The van der Waals surface area contributed by atoms with Crippen molar-refractivity contribution in [1.82, 2.24) is 0 Å². The Morgan fingerprint density at radius 2 is 2.05 bits per heavy atom. The van der Waals surface area contributed by atoms with Crippen molar-refractivity contribution < 1.29 is 9.84 Å². The first-order valence-electron chi connectivity index (χ1n) is 7.18. The molecule has 0 bridgehead atoms. The molecule has 0 aliphatic carbocycles. The van der Waals surface area contributed by atoms with Crippen LogP contribution in [0.3, 0.4) is 0 Å². The molecule has 1 aromatic rings. The van der Waals surface area contributed by atoms with Crippen molar-refractivity contribution in [3.05, 3.63) is 28.8 Å². The van der Waals surface area contributed by atoms with Gasteiger partial charge in [0.05, 0.1) is 17.7 Å². The topological polar surface area (TPSA) is 29.5 Å². The summed E-state index contributed by atoms with van der Waals surface area (Å²) in [6.07, 6.45) is 4.30. The summed E-state index contributed by atoms with van der Waals surface area (Å²) < 4.78 is 5.81. The minimum Gasteiger partial charge on any atom is -0.492 e. The zero-order valence-corrected chi connectivity index (χ0v) is 12.9. The second-order valence-corrected chi connectivity index (χ2v) is 5.50. The number of aliphatic hydroxyl groups is 1. The van der Waals surface area contributed by atoms with Crippen LogP contribution in [0.15, 0.2) is 18.2 Å². The van der Waals surface area contributed by atoms with E-state index in [4.69, 9.17) is 16.3 Å². The quantitative estimate of drug-likeness (QED) is 0.729. The molecule has 1 rings (SSSR count). The van der Waals surface area contributed by atoms with Crippen LogP contribution in [0, 0.1) is 5.92 Å². The highest BCUT2D eigenvalue weighted by Crippen LogP contribution is 2.28. The van der Waals surface area contributed by atoms with E-state index in [1.807, 2.05) is 12.1 Å². The molecule has 0 saturated heterocycles. The number of rotatable bonds is 8. The third-order valence-corrected chi connectivity index (χ3v) is 3.75. The minimum absolute atomic E-state index is 0.500. The molecule has 0 aliphatic rings. The summed E-state index contributed by atoms with van der Waals surface area (Å²) in [5, 5.41) is 10.1. The lowest BCUT2D eigenvalue weighted by atomic mass is 10.0. The van der Waals surface area contributed by atoms with E-state index in [1.165, 1.54) is 19.3 Å². The molecule has 1 unspecified atom stereocenters. The molecule has 0 aliphatic heterocycles. The third kappa shape index (κ3) is 5.42. The van der Waals surface area contributed by atoms with Crippen molar-refractivity contribution in [2.75, 3.05) is 6.61 Å². The molecule has 1 aromatic carbocycles. The van der Waals surface area contributed by atoms with E-state index in [1.54, 1.807) is 13.0 Å². The Balaban J connectivity index is 2.57. The van der Waals surface area contributed by atoms with Crippen molar-refractivity contribution >= 4 is 11.6 Å². The van der Waals surface area contributed by atoms with Gasteiger partial charge < -0.3 is 9.84 Å². The molecular weight excluding hydrogens is 260 g/mol. The Morgan fingerprint density at radius 3 is 2.58 bits per heavy atom. The molecule has 0 aromatic heterocycles. The number of hydrogen-bond donors (Lipinski definition) is 1. The first-order valence-corrected chi connectivity index (χ1v) is 7.56. The SMILES string of the molecule is CCCCC(CC)COc1ccc([C@H](C)O)cc1Cl. The van der Waals surface area contributed by atoms with E-state index < -0.39 is 6.10 Å². The highest BCUT2D eigenvalue weighted by molar-refractivity contribution is 6.32. The lowest BCUT2D eigenvalue weighted by molar-refractivity contribution is 0.199. The maximum absolute atomic E-state index is 9.49. The number of unbranched alkanes of at least 4 members (excludes halogenated alkanes) is 1. The molecule has 0 radical (unpaired) electrons. The molecule has 3 heteroatoms. The van der Waals surface area contributed by atoms with Gasteiger partial charge in [0.25, 0.3) is 0 Å². The maximum Gasteiger partial charge on any atom is 0.137 e. The van der Waals surface area contributed by atoms with E-state index in [2.05, 4.69) is 13.8 Å². The largest absolute Gasteiger partial charge is 0.492 e. The summed E-state index contributed by atoms with van der Waals surface area (Å²) in [5.41, 5.74) is 0.815. The van der Waals surface area contributed by atoms with Crippen molar-refractivity contribution in [3.8, 4) is 5.75 Å². The molecule has 2 atom stereocenters. The van der Waals surface area contributed by atoms with Gasteiger partial charge >= 0.3 is 0 Å². The van der Waals surface area contributed by atoms with Crippen molar-refractivity contribution in [2.45, 2.75) is 52.6 Å². The van der Waals surface area contributed by atoms with Gasteiger partial charge in [-0.3, -0.25) is 0 Å². The average molecular weight is 285 g/mol. The van der Waals surface area contributed by atoms with Crippen LogP contribution in [0.5, 0.6) is 5.75 Å².